The molecule has 8 bridgehead atoms. The van der Waals surface area contributed by atoms with E-state index >= 15 is 0 Å². The van der Waals surface area contributed by atoms with Gasteiger partial charge in [-0.15, -0.1) is 45.3 Å². The molecule has 12 aromatic heterocycles. The van der Waals surface area contributed by atoms with E-state index < -0.39 is 0 Å². The second kappa shape index (κ2) is 36.0. The smallest absolute Gasteiger partial charge is 0.273 e. The zero-order chi connectivity index (χ0) is 82.7. The lowest BCUT2D eigenvalue weighted by atomic mass is 9.77. The van der Waals surface area contributed by atoms with Gasteiger partial charge in [0.05, 0.1) is 35.3 Å². The number of aromatic nitrogens is 12. The molecule has 24 nitrogen and oxygen atoms in total. The monoisotopic (exact) mass is 1680 g/mol. The van der Waals surface area contributed by atoms with Gasteiger partial charge in [-0.25, -0.2) is 49.8 Å². The molecule has 0 spiro atoms. The highest BCUT2D eigenvalue weighted by Crippen LogP contribution is 2.45. The molecule has 8 aliphatic heterocycles. The Morgan fingerprint density at radius 1 is 0.333 bits per heavy atom. The van der Waals surface area contributed by atoms with Crippen molar-refractivity contribution in [2.24, 2.45) is 23.7 Å². The summed E-state index contributed by atoms with van der Waals surface area (Å²) in [6.07, 6.45) is 29.9. The summed E-state index contributed by atoms with van der Waals surface area (Å²) in [5.74, 6) is 4.32. The largest absolute Gasteiger partial charge is 0.472 e. The number of hydrogen-bond donors (Lipinski definition) is 0. The zero-order valence-corrected chi connectivity index (χ0v) is 71.7. The van der Waals surface area contributed by atoms with E-state index in [9.17, 15) is 19.2 Å². The molecule has 20 heterocycles. The lowest BCUT2D eigenvalue weighted by Crippen LogP contribution is -2.59. The van der Waals surface area contributed by atoms with E-state index in [1.54, 1.807) is 37.2 Å². The molecule has 12 unspecified atom stereocenters. The number of thiazole rings is 4. The van der Waals surface area contributed by atoms with Crippen molar-refractivity contribution in [3.05, 3.63) is 236 Å². The first-order valence-corrected chi connectivity index (χ1v) is 44.9. The average molecular weight is 1680 g/mol. The van der Waals surface area contributed by atoms with Crippen molar-refractivity contribution in [3.8, 4) is 66.1 Å². The van der Waals surface area contributed by atoms with Crippen molar-refractivity contribution in [1.82, 2.24) is 79.4 Å². The number of aryl methyl sites for hydroxylation is 8. The van der Waals surface area contributed by atoms with Gasteiger partial charge in [-0.05, 0) is 226 Å². The number of carbonyl (C=O) groups is 4. The molecule has 4 aliphatic carbocycles. The van der Waals surface area contributed by atoms with Crippen LogP contribution >= 0.6 is 45.3 Å². The molecule has 8 saturated heterocycles. The van der Waals surface area contributed by atoms with Gasteiger partial charge in [0.2, 0.25) is 23.5 Å². The van der Waals surface area contributed by atoms with Crippen LogP contribution in [0.15, 0.2) is 168 Å². The van der Waals surface area contributed by atoms with Gasteiger partial charge in [0, 0.05) is 156 Å². The number of piperidine rings is 8. The Morgan fingerprint density at radius 2 is 0.708 bits per heavy atom. The maximum atomic E-state index is 13.7. The van der Waals surface area contributed by atoms with Crippen LogP contribution in [0.2, 0.25) is 0 Å². The molecule has 120 heavy (non-hydrogen) atoms. The number of hydrogen-bond acceptors (Lipinski definition) is 24. The standard InChI is InChI=1S/4C23H24N4O2S/c1-14-3-8-20(25-12-14)29-19-11-16-5-7-18(19)27(13-16)23(28)17-6-4-15(2)26-21(17)22-24-9-10-30-22;1-14-3-8-20(25-12-14)29-19-11-16-5-7-18(19)27(13-16)23(28)21-17(6-4-15(2)26-21)22-24-9-10-30-22;1-14-3-6-20(25-11-14)29-19-10-16-4-5-18(19)27(13-16)23(28)17-9-15(2)12-26-21(17)22-24-7-8-30-22;1-14-3-6-19(26-12-14)29-18-11-16-4-5-17(18)27(13-16)23(28)21-20(15(2)7-8-24-21)22-25-9-10-30-22/h2*3-4,6,8-10,12,16,18-19H,5,7,11,13H2,1-2H3;3,6-9,11-12,16,18-19H,4-5,10,13H2,1-2H3;3,6-10,12,16-18H,4-5,11,13H2,1-2H3. The number of nitrogens with zero attached hydrogens (tertiary/aromatic N) is 16. The van der Waals surface area contributed by atoms with Crippen LogP contribution in [0.3, 0.4) is 0 Å². The molecular formula is C92H96N16O8S4. The van der Waals surface area contributed by atoms with Gasteiger partial charge >= 0.3 is 0 Å². The maximum Gasteiger partial charge on any atom is 0.273 e. The minimum atomic E-state index is -0.0372. The van der Waals surface area contributed by atoms with Crippen molar-refractivity contribution in [2.45, 2.75) is 181 Å². The van der Waals surface area contributed by atoms with Crippen LogP contribution in [0.1, 0.15) is 164 Å². The number of ether oxygens (including phenoxy) is 4. The summed E-state index contributed by atoms with van der Waals surface area (Å²) in [4.78, 5) is 116. The highest BCUT2D eigenvalue weighted by atomic mass is 32.1. The molecule has 616 valence electrons. The fourth-order valence-electron chi connectivity index (χ4n) is 18.3. The maximum absolute atomic E-state index is 13.7. The van der Waals surface area contributed by atoms with E-state index in [-0.39, 0.29) is 72.2 Å². The Bertz CT molecular complexity index is 5280. The number of rotatable bonds is 16. The van der Waals surface area contributed by atoms with Crippen LogP contribution in [0.5, 0.6) is 23.5 Å². The SMILES string of the molecule is Cc1ccc(OC2CC3CCC2N(C(=O)c2cc(C)cnc2-c2nccs2)C3)nc1.Cc1ccc(OC2CC3CCC2N(C(=O)c2ccc(C)nc2-c2nccs2)C3)nc1.Cc1ccc(OC2CC3CCC2N(C(=O)c2nc(C)ccc2-c2nccs2)C3)nc1.Cc1ccc(OC2CC3CCC2N(C(=O)c2nccc(C)c2-c2nccs2)C3)nc1. The average Bonchev–Trinajstić information content (AvgIpc) is 1.02. The second-order valence-corrected chi connectivity index (χ2v) is 36.5. The van der Waals surface area contributed by atoms with Crippen molar-refractivity contribution in [1.29, 1.82) is 0 Å². The van der Waals surface area contributed by atoms with Gasteiger partial charge in [0.25, 0.3) is 23.6 Å². The molecule has 4 amide bonds. The fraction of sp³-hybridized carbons (Fsp3) is 0.391. The van der Waals surface area contributed by atoms with E-state index in [1.165, 1.54) is 45.3 Å². The minimum Gasteiger partial charge on any atom is -0.472 e. The van der Waals surface area contributed by atoms with E-state index in [1.807, 2.05) is 206 Å². The second-order valence-electron chi connectivity index (χ2n) is 32.9. The molecule has 0 aromatic carbocycles. The van der Waals surface area contributed by atoms with Gasteiger partial charge in [-0.2, -0.15) is 0 Å². The molecule has 4 saturated carbocycles. The summed E-state index contributed by atoms with van der Waals surface area (Å²) < 4.78 is 25.0. The molecular weight excluding hydrogens is 1590 g/mol. The molecule has 28 heteroatoms. The van der Waals surface area contributed by atoms with Crippen molar-refractivity contribution >= 4 is 69.0 Å². The number of carbonyl (C=O) groups excluding carboxylic acids is 4. The van der Waals surface area contributed by atoms with E-state index in [4.69, 9.17) is 18.9 Å². The van der Waals surface area contributed by atoms with E-state index in [0.29, 0.717) is 81.1 Å². The first-order valence-electron chi connectivity index (χ1n) is 41.4. The van der Waals surface area contributed by atoms with Gasteiger partial charge in [0.15, 0.2) is 0 Å². The van der Waals surface area contributed by atoms with Crippen molar-refractivity contribution in [3.63, 3.8) is 0 Å². The lowest BCUT2D eigenvalue weighted by molar-refractivity contribution is -0.0316. The summed E-state index contributed by atoms with van der Waals surface area (Å²) in [5, 5.41) is 10.9. The van der Waals surface area contributed by atoms with Crippen molar-refractivity contribution < 1.29 is 38.1 Å². The summed E-state index contributed by atoms with van der Waals surface area (Å²) in [7, 11) is 0. The molecule has 12 fully saturated rings. The van der Waals surface area contributed by atoms with Crippen LogP contribution in [0, 0.1) is 79.1 Å². The number of pyridine rings is 8. The molecule has 0 radical (unpaired) electrons. The molecule has 12 atom stereocenters. The molecule has 12 aromatic rings. The van der Waals surface area contributed by atoms with Crippen molar-refractivity contribution in [2.75, 3.05) is 26.2 Å². The van der Waals surface area contributed by atoms with E-state index in [0.717, 1.165) is 179 Å². The van der Waals surface area contributed by atoms with Crippen LogP contribution in [-0.4, -0.2) is 178 Å². The first-order chi connectivity index (χ1) is 58.3. The predicted octanol–water partition coefficient (Wildman–Crippen LogP) is 17.2. The van der Waals surface area contributed by atoms with Crippen LogP contribution < -0.4 is 18.9 Å². The van der Waals surface area contributed by atoms with Crippen LogP contribution in [-0.2, 0) is 0 Å². The molecule has 12 aliphatic rings. The third kappa shape index (κ3) is 18.0. The fourth-order valence-corrected chi connectivity index (χ4v) is 21.0. The first kappa shape index (κ1) is 81.2. The summed E-state index contributed by atoms with van der Waals surface area (Å²) in [5.41, 5.74) is 13.3. The topological polar surface area (TPSA) is 273 Å². The normalized spacial score (nSPS) is 22.9. The summed E-state index contributed by atoms with van der Waals surface area (Å²) in [6, 6.07) is 27.4. The Labute approximate surface area is 714 Å². The third-order valence-electron chi connectivity index (χ3n) is 24.2. The Balaban J connectivity index is 0.000000114. The quantitative estimate of drug-likeness (QED) is 0.0869. The predicted molar refractivity (Wildman–Crippen MR) is 463 cm³/mol. The Kier molecular flexibility index (Phi) is 24.4. The minimum absolute atomic E-state index is 0.0209. The summed E-state index contributed by atoms with van der Waals surface area (Å²) in [6.45, 7) is 18.9. The van der Waals surface area contributed by atoms with Crippen LogP contribution in [0.25, 0.3) is 42.5 Å². The van der Waals surface area contributed by atoms with E-state index in [2.05, 4.69) is 59.8 Å². The molecule has 24 rings (SSSR count). The summed E-state index contributed by atoms with van der Waals surface area (Å²) >= 11 is 6.06. The molecule has 0 N–H and O–H groups in total. The lowest BCUT2D eigenvalue weighted by Gasteiger charge is -2.49. The van der Waals surface area contributed by atoms with Gasteiger partial charge in [0.1, 0.15) is 67.2 Å². The third-order valence-corrected chi connectivity index (χ3v) is 27.4. The van der Waals surface area contributed by atoms with Gasteiger partial charge in [-0.1, -0.05) is 24.3 Å². The van der Waals surface area contributed by atoms with Crippen LogP contribution in [0.4, 0.5) is 0 Å². The number of fused-ring (bicyclic) bond motifs is 12. The Morgan fingerprint density at radius 3 is 1.12 bits per heavy atom. The van der Waals surface area contributed by atoms with Gasteiger partial charge in [-0.3, -0.25) is 29.1 Å². The highest BCUT2D eigenvalue weighted by molar-refractivity contribution is 7.14. The highest BCUT2D eigenvalue weighted by Gasteiger charge is 2.50. The zero-order valence-electron chi connectivity index (χ0n) is 68.5. The Hall–Kier alpha value is -11.2. The number of amides is 4. The van der Waals surface area contributed by atoms with Gasteiger partial charge < -0.3 is 38.5 Å².